The Morgan fingerprint density at radius 2 is 1.83 bits per heavy atom. The molecule has 0 N–H and O–H groups in total. The minimum Gasteiger partial charge on any atom is -0.476 e. The number of aryl methyl sites for hydroxylation is 2. The second kappa shape index (κ2) is 8.61. The highest BCUT2D eigenvalue weighted by atomic mass is 16.6. The molecule has 0 aliphatic carbocycles. The summed E-state index contributed by atoms with van der Waals surface area (Å²) in [5.74, 6) is 0.851. The van der Waals surface area contributed by atoms with Crippen molar-refractivity contribution in [1.29, 1.82) is 0 Å². The number of hydrogen-bond acceptors (Lipinski definition) is 6. The molecule has 2 rings (SSSR count). The topological polar surface area (TPSA) is 92.3 Å². The summed E-state index contributed by atoms with van der Waals surface area (Å²) in [7, 11) is 0. The van der Waals surface area contributed by atoms with Gasteiger partial charge in [-0.15, -0.1) is 0 Å². The van der Waals surface area contributed by atoms with E-state index >= 15 is 0 Å². The summed E-state index contributed by atoms with van der Waals surface area (Å²) < 4.78 is 16.7. The number of hydrogen-bond donors (Lipinski definition) is 0. The highest BCUT2D eigenvalue weighted by molar-refractivity contribution is 5.79. The number of carbonyl (C=O) groups excluding carboxylic acids is 1. The summed E-state index contributed by atoms with van der Waals surface area (Å²) in [5, 5.41) is 11.1. The molecule has 0 aliphatic heterocycles. The Kier molecular flexibility index (Phi) is 6.44. The van der Waals surface area contributed by atoms with E-state index in [1.807, 2.05) is 0 Å². The van der Waals surface area contributed by atoms with E-state index in [0.29, 0.717) is 22.8 Å². The van der Waals surface area contributed by atoms with Crippen LogP contribution in [0.2, 0.25) is 0 Å². The molecule has 0 atom stereocenters. The molecule has 0 unspecified atom stereocenters. The lowest BCUT2D eigenvalue weighted by molar-refractivity contribution is -0.383. The molecule has 0 saturated carbocycles. The molecule has 0 saturated heterocycles. The molecule has 0 heterocycles. The van der Waals surface area contributed by atoms with E-state index in [-0.39, 0.29) is 18.0 Å². The van der Waals surface area contributed by atoms with E-state index in [1.54, 1.807) is 52.8 Å². The first-order valence-corrected chi connectivity index (χ1v) is 8.90. The van der Waals surface area contributed by atoms with Gasteiger partial charge in [0.2, 0.25) is 0 Å². The first-order chi connectivity index (χ1) is 13.6. The molecule has 2 aromatic carbocycles. The number of nitrogens with zero attached hydrogens (tertiary/aromatic N) is 2. The Labute approximate surface area is 169 Å². The minimum absolute atomic E-state index is 0.0940. The maximum absolute atomic E-state index is 12.0. The lowest BCUT2D eigenvalue weighted by atomic mass is 10.1. The zero-order valence-electron chi connectivity index (χ0n) is 16.9. The lowest BCUT2D eigenvalue weighted by Gasteiger charge is -2.25. The predicted molar refractivity (Wildman–Crippen MR) is 107 cm³/mol. The fourth-order valence-electron chi connectivity index (χ4n) is 2.56. The van der Waals surface area contributed by atoms with Gasteiger partial charge >= 0.3 is 5.97 Å². The Balaban J connectivity index is 2.27. The number of rotatable bonds is 7. The minimum atomic E-state index is -1.15. The number of benzene rings is 2. The first kappa shape index (κ1) is 21.7. The average molecular weight is 398 g/mol. The van der Waals surface area contributed by atoms with Crippen LogP contribution in [0.3, 0.4) is 0 Å². The highest BCUT2D eigenvalue weighted by Gasteiger charge is 2.32. The third kappa shape index (κ3) is 5.02. The molecule has 0 fully saturated rings. The van der Waals surface area contributed by atoms with Gasteiger partial charge in [-0.3, -0.25) is 10.1 Å². The monoisotopic (exact) mass is 398 g/mol. The van der Waals surface area contributed by atoms with E-state index in [9.17, 15) is 14.9 Å². The standard InChI is InChI=1S/C21H22N2O6/c1-7-27-20(24)21(4,5)29-18-9-8-15(10-13(18)2)28-19-12-16(22-6)17(23(25)26)11-14(19)3/h8-12H,7H2,1-5H3. The van der Waals surface area contributed by atoms with Gasteiger partial charge < -0.3 is 14.2 Å². The average Bonchev–Trinajstić information content (AvgIpc) is 2.65. The van der Waals surface area contributed by atoms with E-state index < -0.39 is 16.5 Å². The van der Waals surface area contributed by atoms with Crippen molar-refractivity contribution in [1.82, 2.24) is 0 Å². The second-order valence-electron chi connectivity index (χ2n) is 6.84. The molecule has 0 spiro atoms. The third-order valence-electron chi connectivity index (χ3n) is 4.10. The highest BCUT2D eigenvalue weighted by Crippen LogP contribution is 2.37. The Hall–Kier alpha value is -3.60. The van der Waals surface area contributed by atoms with Crippen LogP contribution in [0, 0.1) is 30.5 Å². The molecule has 0 bridgehead atoms. The molecule has 8 nitrogen and oxygen atoms in total. The van der Waals surface area contributed by atoms with E-state index in [1.165, 1.54) is 12.1 Å². The van der Waals surface area contributed by atoms with Gasteiger partial charge in [0.25, 0.3) is 11.4 Å². The van der Waals surface area contributed by atoms with Crippen LogP contribution < -0.4 is 9.47 Å². The maximum Gasteiger partial charge on any atom is 0.349 e. The third-order valence-corrected chi connectivity index (χ3v) is 4.10. The lowest BCUT2D eigenvalue weighted by Crippen LogP contribution is -2.39. The van der Waals surface area contributed by atoms with Crippen molar-refractivity contribution in [3.8, 4) is 17.2 Å². The van der Waals surface area contributed by atoms with Crippen molar-refractivity contribution in [3.63, 3.8) is 0 Å². The van der Waals surface area contributed by atoms with Crippen molar-refractivity contribution in [2.45, 2.75) is 40.2 Å². The largest absolute Gasteiger partial charge is 0.476 e. The number of nitro benzene ring substituents is 1. The van der Waals surface area contributed by atoms with Crippen molar-refractivity contribution in [2.24, 2.45) is 0 Å². The summed E-state index contributed by atoms with van der Waals surface area (Å²) in [4.78, 5) is 25.7. The number of ether oxygens (including phenoxy) is 3. The summed E-state index contributed by atoms with van der Waals surface area (Å²) in [6.45, 7) is 15.9. The van der Waals surface area contributed by atoms with Gasteiger partial charge in [-0.25, -0.2) is 9.64 Å². The van der Waals surface area contributed by atoms with E-state index in [4.69, 9.17) is 20.8 Å². The van der Waals surface area contributed by atoms with Crippen LogP contribution in [0.4, 0.5) is 11.4 Å². The number of carbonyl (C=O) groups is 1. The molecular formula is C21H22N2O6. The summed E-state index contributed by atoms with van der Waals surface area (Å²) in [6, 6.07) is 7.71. The molecule has 152 valence electrons. The summed E-state index contributed by atoms with van der Waals surface area (Å²) in [5.41, 5.74) is -0.243. The van der Waals surface area contributed by atoms with Gasteiger partial charge in [0.05, 0.1) is 18.1 Å². The van der Waals surface area contributed by atoms with Crippen LogP contribution in [-0.2, 0) is 9.53 Å². The fraction of sp³-hybridized carbons (Fsp3) is 0.333. The smallest absolute Gasteiger partial charge is 0.349 e. The number of esters is 1. The molecule has 0 aliphatic rings. The zero-order chi connectivity index (χ0) is 21.8. The fourth-order valence-corrected chi connectivity index (χ4v) is 2.56. The van der Waals surface area contributed by atoms with Crippen LogP contribution in [0.15, 0.2) is 30.3 Å². The quantitative estimate of drug-likeness (QED) is 0.273. The molecule has 29 heavy (non-hydrogen) atoms. The normalized spacial score (nSPS) is 10.8. The molecule has 0 amide bonds. The van der Waals surface area contributed by atoms with Crippen molar-refractivity contribution in [3.05, 3.63) is 63.0 Å². The Morgan fingerprint density at radius 1 is 1.17 bits per heavy atom. The molecular weight excluding hydrogens is 376 g/mol. The molecule has 0 aromatic heterocycles. The van der Waals surface area contributed by atoms with Crippen LogP contribution in [-0.4, -0.2) is 23.1 Å². The van der Waals surface area contributed by atoms with Crippen molar-refractivity contribution >= 4 is 17.3 Å². The Morgan fingerprint density at radius 3 is 2.38 bits per heavy atom. The predicted octanol–water partition coefficient (Wildman–Crippen LogP) is 5.28. The van der Waals surface area contributed by atoms with Crippen LogP contribution in [0.5, 0.6) is 17.2 Å². The molecule has 8 heteroatoms. The van der Waals surface area contributed by atoms with Gasteiger partial charge in [0, 0.05) is 6.07 Å². The first-order valence-electron chi connectivity index (χ1n) is 8.90. The van der Waals surface area contributed by atoms with Gasteiger partial charge in [-0.05, 0) is 70.0 Å². The van der Waals surface area contributed by atoms with Gasteiger partial charge in [0.1, 0.15) is 17.2 Å². The second-order valence-corrected chi connectivity index (χ2v) is 6.84. The molecule has 0 radical (unpaired) electrons. The maximum atomic E-state index is 12.0. The Bertz CT molecular complexity index is 991. The van der Waals surface area contributed by atoms with Gasteiger partial charge in [-0.1, -0.05) is 0 Å². The van der Waals surface area contributed by atoms with Crippen molar-refractivity contribution < 1.29 is 23.9 Å². The van der Waals surface area contributed by atoms with Crippen LogP contribution >= 0.6 is 0 Å². The van der Waals surface area contributed by atoms with Crippen molar-refractivity contribution in [2.75, 3.05) is 6.61 Å². The molecule has 2 aromatic rings. The zero-order valence-corrected chi connectivity index (χ0v) is 16.9. The van der Waals surface area contributed by atoms with Gasteiger partial charge in [0.15, 0.2) is 5.60 Å². The van der Waals surface area contributed by atoms with E-state index in [0.717, 1.165) is 5.56 Å². The van der Waals surface area contributed by atoms with E-state index in [2.05, 4.69) is 4.85 Å². The van der Waals surface area contributed by atoms with Crippen LogP contribution in [0.25, 0.3) is 4.85 Å². The summed E-state index contributed by atoms with van der Waals surface area (Å²) >= 11 is 0. The van der Waals surface area contributed by atoms with Gasteiger partial charge in [-0.2, -0.15) is 0 Å². The summed E-state index contributed by atoms with van der Waals surface area (Å²) in [6.07, 6.45) is 0. The SMILES string of the molecule is [C-]#[N+]c1cc(Oc2ccc(OC(C)(C)C(=O)OCC)c(C)c2)c(C)cc1[N+](=O)[O-]. The number of nitro groups is 1. The van der Waals surface area contributed by atoms with Crippen LogP contribution in [0.1, 0.15) is 31.9 Å².